The fourth-order valence-corrected chi connectivity index (χ4v) is 5.02. The van der Waals surface area contributed by atoms with Gasteiger partial charge in [0.1, 0.15) is 13.2 Å². The standard InChI is InChI=1S/C43H72O6/c1-4-7-10-13-16-18-20-21-23-24-27-30-33-36-42(45)48-39-40(38-47-41(44)35-32-29-26-15-12-9-6-3)49-43(46)37-34-31-28-25-22-19-17-14-11-8-5-2/h7,10,14,16-18,21,23,27,30,40H,4-6,8-9,11-13,15,19-20,22,24-26,28-29,31-39H2,1-3H3/b10-7-,17-14-,18-16-,23-21-,30-27-. The van der Waals surface area contributed by atoms with E-state index in [9.17, 15) is 14.4 Å². The molecule has 0 aromatic rings. The fourth-order valence-electron chi connectivity index (χ4n) is 5.02. The molecular formula is C43H72O6. The highest BCUT2D eigenvalue weighted by atomic mass is 16.6. The van der Waals surface area contributed by atoms with Crippen LogP contribution >= 0.6 is 0 Å². The molecule has 6 nitrogen and oxygen atoms in total. The van der Waals surface area contributed by atoms with E-state index in [-0.39, 0.29) is 37.5 Å². The molecule has 0 aliphatic carbocycles. The van der Waals surface area contributed by atoms with Gasteiger partial charge in [0.05, 0.1) is 0 Å². The Bertz CT molecular complexity index is 929. The van der Waals surface area contributed by atoms with Gasteiger partial charge in [-0.05, 0) is 64.2 Å². The van der Waals surface area contributed by atoms with E-state index in [0.717, 1.165) is 77.0 Å². The second-order valence-corrected chi connectivity index (χ2v) is 12.8. The number of hydrogen-bond acceptors (Lipinski definition) is 6. The summed E-state index contributed by atoms with van der Waals surface area (Å²) >= 11 is 0. The Hall–Kier alpha value is -2.89. The van der Waals surface area contributed by atoms with Gasteiger partial charge >= 0.3 is 17.9 Å². The first kappa shape index (κ1) is 46.1. The van der Waals surface area contributed by atoms with E-state index >= 15 is 0 Å². The second-order valence-electron chi connectivity index (χ2n) is 12.8. The van der Waals surface area contributed by atoms with Gasteiger partial charge in [-0.1, -0.05) is 152 Å². The normalized spacial score (nSPS) is 12.6. The highest BCUT2D eigenvalue weighted by molar-refractivity contribution is 5.71. The van der Waals surface area contributed by atoms with Crippen molar-refractivity contribution >= 4 is 17.9 Å². The number of esters is 3. The van der Waals surface area contributed by atoms with E-state index in [0.29, 0.717) is 19.3 Å². The molecule has 0 rings (SSSR count). The summed E-state index contributed by atoms with van der Waals surface area (Å²) in [5.41, 5.74) is 0. The van der Waals surface area contributed by atoms with Crippen LogP contribution < -0.4 is 0 Å². The van der Waals surface area contributed by atoms with Crippen molar-refractivity contribution in [2.24, 2.45) is 0 Å². The van der Waals surface area contributed by atoms with Crippen molar-refractivity contribution in [3.63, 3.8) is 0 Å². The van der Waals surface area contributed by atoms with Crippen LogP contribution in [0.5, 0.6) is 0 Å². The van der Waals surface area contributed by atoms with Gasteiger partial charge in [0.15, 0.2) is 6.10 Å². The zero-order valence-corrected chi connectivity index (χ0v) is 31.7. The average molecular weight is 685 g/mol. The topological polar surface area (TPSA) is 78.9 Å². The van der Waals surface area contributed by atoms with Crippen LogP contribution in [0.15, 0.2) is 60.8 Å². The maximum absolute atomic E-state index is 12.6. The van der Waals surface area contributed by atoms with Crippen molar-refractivity contribution in [1.82, 2.24) is 0 Å². The predicted molar refractivity (Wildman–Crippen MR) is 205 cm³/mol. The Morgan fingerprint density at radius 1 is 0.429 bits per heavy atom. The minimum atomic E-state index is -0.800. The molecule has 0 fully saturated rings. The van der Waals surface area contributed by atoms with Crippen molar-refractivity contribution in [2.75, 3.05) is 13.2 Å². The zero-order valence-electron chi connectivity index (χ0n) is 31.7. The summed E-state index contributed by atoms with van der Waals surface area (Å²) in [6, 6.07) is 0. The zero-order chi connectivity index (χ0) is 35.9. The van der Waals surface area contributed by atoms with Crippen LogP contribution in [0.3, 0.4) is 0 Å². The van der Waals surface area contributed by atoms with Crippen LogP contribution in [0.4, 0.5) is 0 Å². The summed E-state index contributed by atoms with van der Waals surface area (Å²) in [5, 5.41) is 0. The molecule has 0 aliphatic rings. The molecule has 0 amide bonds. The maximum atomic E-state index is 12.6. The van der Waals surface area contributed by atoms with Crippen molar-refractivity contribution in [1.29, 1.82) is 0 Å². The number of carbonyl (C=O) groups is 3. The summed E-state index contributed by atoms with van der Waals surface area (Å²) < 4.78 is 16.5. The van der Waals surface area contributed by atoms with Crippen molar-refractivity contribution in [2.45, 2.75) is 181 Å². The molecule has 0 aromatic heterocycles. The Kier molecular flexibility index (Phi) is 35.7. The Balaban J connectivity index is 4.48. The van der Waals surface area contributed by atoms with Crippen LogP contribution in [0, 0.1) is 0 Å². The molecule has 0 aromatic carbocycles. The van der Waals surface area contributed by atoms with Gasteiger partial charge in [0.25, 0.3) is 0 Å². The van der Waals surface area contributed by atoms with Crippen molar-refractivity contribution < 1.29 is 28.6 Å². The predicted octanol–water partition coefficient (Wildman–Crippen LogP) is 12.2. The van der Waals surface area contributed by atoms with Gasteiger partial charge < -0.3 is 14.2 Å². The SMILES string of the molecule is CC/C=C\C/C=C\C/C=C\C/C=C\CCC(=O)OCC(COC(=O)CCCCCCCCC)OC(=O)CCCCCCC/C=C\CCCC. The first-order chi connectivity index (χ1) is 24.0. The lowest BCUT2D eigenvalue weighted by Gasteiger charge is -2.18. The van der Waals surface area contributed by atoms with Crippen LogP contribution in [0.2, 0.25) is 0 Å². The molecule has 0 heterocycles. The van der Waals surface area contributed by atoms with E-state index in [1.165, 1.54) is 51.4 Å². The van der Waals surface area contributed by atoms with Crippen LogP contribution in [-0.2, 0) is 28.6 Å². The van der Waals surface area contributed by atoms with E-state index in [1.54, 1.807) is 0 Å². The quantitative estimate of drug-likeness (QED) is 0.0290. The third-order valence-electron chi connectivity index (χ3n) is 8.02. The lowest BCUT2D eigenvalue weighted by molar-refractivity contribution is -0.166. The molecule has 49 heavy (non-hydrogen) atoms. The molecule has 1 atom stereocenters. The van der Waals surface area contributed by atoms with Gasteiger partial charge in [-0.3, -0.25) is 14.4 Å². The number of rotatable bonds is 34. The van der Waals surface area contributed by atoms with Gasteiger partial charge in [-0.15, -0.1) is 0 Å². The highest BCUT2D eigenvalue weighted by Crippen LogP contribution is 2.12. The first-order valence-electron chi connectivity index (χ1n) is 19.8. The number of hydrogen-bond donors (Lipinski definition) is 0. The van der Waals surface area contributed by atoms with E-state index in [1.807, 2.05) is 12.2 Å². The largest absolute Gasteiger partial charge is 0.462 e. The lowest BCUT2D eigenvalue weighted by Crippen LogP contribution is -2.30. The minimum Gasteiger partial charge on any atom is -0.462 e. The Morgan fingerprint density at radius 3 is 1.43 bits per heavy atom. The Morgan fingerprint density at radius 2 is 0.857 bits per heavy atom. The molecule has 0 saturated carbocycles. The van der Waals surface area contributed by atoms with Crippen molar-refractivity contribution in [3.05, 3.63) is 60.8 Å². The third-order valence-corrected chi connectivity index (χ3v) is 8.02. The molecule has 0 saturated heterocycles. The van der Waals surface area contributed by atoms with E-state index < -0.39 is 6.10 Å². The Labute approximate surface area is 300 Å². The minimum absolute atomic E-state index is 0.100. The number of ether oxygens (including phenoxy) is 3. The molecule has 1 unspecified atom stereocenters. The molecular weight excluding hydrogens is 612 g/mol. The molecule has 0 radical (unpaired) electrons. The molecule has 0 bridgehead atoms. The van der Waals surface area contributed by atoms with Crippen LogP contribution in [-0.4, -0.2) is 37.2 Å². The van der Waals surface area contributed by atoms with Gasteiger partial charge in [-0.25, -0.2) is 0 Å². The molecule has 0 spiro atoms. The summed E-state index contributed by atoms with van der Waals surface area (Å²) in [6.07, 6.45) is 43.7. The summed E-state index contributed by atoms with van der Waals surface area (Å²) in [6.45, 7) is 6.33. The summed E-state index contributed by atoms with van der Waals surface area (Å²) in [4.78, 5) is 37.3. The van der Waals surface area contributed by atoms with Crippen LogP contribution in [0.25, 0.3) is 0 Å². The second kappa shape index (κ2) is 37.9. The number of carbonyl (C=O) groups excluding carboxylic acids is 3. The maximum Gasteiger partial charge on any atom is 0.306 e. The lowest BCUT2D eigenvalue weighted by atomic mass is 10.1. The highest BCUT2D eigenvalue weighted by Gasteiger charge is 2.19. The monoisotopic (exact) mass is 685 g/mol. The fraction of sp³-hybridized carbons (Fsp3) is 0.698. The number of unbranched alkanes of at least 4 members (excludes halogenated alkanes) is 13. The summed E-state index contributed by atoms with van der Waals surface area (Å²) in [7, 11) is 0. The molecule has 0 aliphatic heterocycles. The van der Waals surface area contributed by atoms with Gasteiger partial charge in [0.2, 0.25) is 0 Å². The molecule has 6 heteroatoms. The van der Waals surface area contributed by atoms with E-state index in [2.05, 4.69) is 69.4 Å². The third kappa shape index (κ3) is 36.2. The number of allylic oxidation sites excluding steroid dienone is 10. The van der Waals surface area contributed by atoms with Gasteiger partial charge in [-0.2, -0.15) is 0 Å². The average Bonchev–Trinajstić information content (AvgIpc) is 3.10. The summed E-state index contributed by atoms with van der Waals surface area (Å²) in [5.74, 6) is -1.01. The smallest absolute Gasteiger partial charge is 0.306 e. The first-order valence-corrected chi connectivity index (χ1v) is 19.8. The molecule has 280 valence electrons. The van der Waals surface area contributed by atoms with Crippen LogP contribution in [0.1, 0.15) is 175 Å². The van der Waals surface area contributed by atoms with Gasteiger partial charge in [0, 0.05) is 19.3 Å². The van der Waals surface area contributed by atoms with Crippen molar-refractivity contribution in [3.8, 4) is 0 Å². The molecule has 0 N–H and O–H groups in total. The van der Waals surface area contributed by atoms with E-state index in [4.69, 9.17) is 14.2 Å².